The van der Waals surface area contributed by atoms with Crippen molar-refractivity contribution in [1.82, 2.24) is 9.62 Å². The molecular formula is C21H28N2O3S. The number of nitrogens with one attached hydrogen (secondary N) is 1. The van der Waals surface area contributed by atoms with Gasteiger partial charge in [0.25, 0.3) is 0 Å². The Hall–Kier alpha value is -2.18. The van der Waals surface area contributed by atoms with Gasteiger partial charge in [-0.2, -0.15) is 4.31 Å². The summed E-state index contributed by atoms with van der Waals surface area (Å²) in [5.41, 5.74) is 2.79. The molecule has 0 saturated heterocycles. The zero-order chi connectivity index (χ0) is 20.2. The smallest absolute Gasteiger partial charge is 0.243 e. The first-order chi connectivity index (χ1) is 12.5. The average Bonchev–Trinajstić information content (AvgIpc) is 2.63. The van der Waals surface area contributed by atoms with E-state index in [-0.39, 0.29) is 22.8 Å². The average molecular weight is 389 g/mol. The summed E-state index contributed by atoms with van der Waals surface area (Å²) in [6, 6.07) is 14.9. The van der Waals surface area contributed by atoms with Gasteiger partial charge in [0.1, 0.15) is 0 Å². The van der Waals surface area contributed by atoms with Gasteiger partial charge in [-0.3, -0.25) is 4.79 Å². The van der Waals surface area contributed by atoms with Crippen molar-refractivity contribution in [3.63, 3.8) is 0 Å². The highest BCUT2D eigenvalue weighted by Gasteiger charge is 2.25. The molecule has 27 heavy (non-hydrogen) atoms. The maximum absolute atomic E-state index is 12.7. The lowest BCUT2D eigenvalue weighted by Gasteiger charge is -2.26. The monoisotopic (exact) mass is 388 g/mol. The highest BCUT2D eigenvalue weighted by atomic mass is 32.2. The van der Waals surface area contributed by atoms with Crippen molar-refractivity contribution in [2.24, 2.45) is 0 Å². The van der Waals surface area contributed by atoms with Gasteiger partial charge < -0.3 is 5.32 Å². The van der Waals surface area contributed by atoms with Gasteiger partial charge >= 0.3 is 0 Å². The lowest BCUT2D eigenvalue weighted by atomic mass is 9.84. The Bertz CT molecular complexity index is 906. The van der Waals surface area contributed by atoms with Crippen molar-refractivity contribution in [3.05, 3.63) is 65.2 Å². The standard InChI is InChI=1S/C21H28N2O3S/c1-16-11-12-19(13-17(16)2)27(25,26)23(5)14-20(24)22-15-21(3,4)18-9-7-6-8-10-18/h6-13H,14-15H2,1-5H3,(H,22,24). The topological polar surface area (TPSA) is 66.5 Å². The van der Waals surface area contributed by atoms with Gasteiger partial charge in [-0.25, -0.2) is 8.42 Å². The fourth-order valence-corrected chi connectivity index (χ4v) is 3.92. The number of likely N-dealkylation sites (N-methyl/N-ethyl adjacent to an activating group) is 1. The first kappa shape index (κ1) is 21.1. The minimum Gasteiger partial charge on any atom is -0.354 e. The highest BCUT2D eigenvalue weighted by molar-refractivity contribution is 7.89. The summed E-state index contributed by atoms with van der Waals surface area (Å²) < 4.78 is 26.5. The van der Waals surface area contributed by atoms with Crippen molar-refractivity contribution in [2.75, 3.05) is 20.1 Å². The van der Waals surface area contributed by atoms with E-state index in [1.54, 1.807) is 18.2 Å². The van der Waals surface area contributed by atoms with Crippen molar-refractivity contribution < 1.29 is 13.2 Å². The normalized spacial score (nSPS) is 12.2. The van der Waals surface area contributed by atoms with Gasteiger partial charge in [0, 0.05) is 19.0 Å². The molecule has 0 unspecified atom stereocenters. The van der Waals surface area contributed by atoms with Crippen LogP contribution in [0.4, 0.5) is 0 Å². The van der Waals surface area contributed by atoms with E-state index in [4.69, 9.17) is 0 Å². The molecule has 6 heteroatoms. The predicted octanol–water partition coefficient (Wildman–Crippen LogP) is 3.02. The first-order valence-corrected chi connectivity index (χ1v) is 10.3. The van der Waals surface area contributed by atoms with Crippen LogP contribution in [0.15, 0.2) is 53.4 Å². The van der Waals surface area contributed by atoms with E-state index in [0.29, 0.717) is 6.54 Å². The van der Waals surface area contributed by atoms with E-state index < -0.39 is 10.0 Å². The number of carbonyl (C=O) groups excluding carboxylic acids is 1. The number of rotatable bonds is 7. The molecular weight excluding hydrogens is 360 g/mol. The molecule has 0 radical (unpaired) electrons. The Morgan fingerprint density at radius 3 is 2.26 bits per heavy atom. The SMILES string of the molecule is Cc1ccc(S(=O)(=O)N(C)CC(=O)NCC(C)(C)c2ccccc2)cc1C. The van der Waals surface area contributed by atoms with E-state index >= 15 is 0 Å². The van der Waals surface area contributed by atoms with Gasteiger partial charge in [-0.1, -0.05) is 50.2 Å². The van der Waals surface area contributed by atoms with Crippen molar-refractivity contribution in [3.8, 4) is 0 Å². The molecule has 1 amide bonds. The number of carbonyl (C=O) groups is 1. The van der Waals surface area contributed by atoms with Crippen LogP contribution < -0.4 is 5.32 Å². The van der Waals surface area contributed by atoms with Crippen LogP contribution in [0.1, 0.15) is 30.5 Å². The summed E-state index contributed by atoms with van der Waals surface area (Å²) in [6.45, 7) is 8.08. The van der Waals surface area contributed by atoms with Crippen molar-refractivity contribution in [1.29, 1.82) is 0 Å². The molecule has 2 aromatic carbocycles. The lowest BCUT2D eigenvalue weighted by Crippen LogP contribution is -2.42. The third-order valence-electron chi connectivity index (χ3n) is 4.84. The molecule has 0 aliphatic rings. The zero-order valence-electron chi connectivity index (χ0n) is 16.6. The molecule has 1 N–H and O–H groups in total. The van der Waals surface area contributed by atoms with E-state index in [1.165, 1.54) is 7.05 Å². The second-order valence-electron chi connectivity index (χ2n) is 7.53. The molecule has 2 rings (SSSR count). The van der Waals surface area contributed by atoms with Crippen LogP contribution in [-0.4, -0.2) is 38.8 Å². The number of sulfonamides is 1. The van der Waals surface area contributed by atoms with Crippen molar-refractivity contribution >= 4 is 15.9 Å². The maximum Gasteiger partial charge on any atom is 0.243 e. The Morgan fingerprint density at radius 2 is 1.67 bits per heavy atom. The van der Waals surface area contributed by atoms with E-state index in [9.17, 15) is 13.2 Å². The molecule has 0 fully saturated rings. The zero-order valence-corrected chi connectivity index (χ0v) is 17.4. The van der Waals surface area contributed by atoms with Gasteiger partial charge in [0.05, 0.1) is 11.4 Å². The molecule has 0 saturated carbocycles. The Kier molecular flexibility index (Phi) is 6.44. The van der Waals surface area contributed by atoms with Gasteiger partial charge in [0.15, 0.2) is 0 Å². The van der Waals surface area contributed by atoms with E-state index in [0.717, 1.165) is 21.0 Å². The Labute approximate surface area is 162 Å². The minimum atomic E-state index is -3.71. The van der Waals surface area contributed by atoms with Gasteiger partial charge in [-0.05, 0) is 42.7 Å². The Balaban J connectivity index is 2.01. The van der Waals surface area contributed by atoms with Crippen LogP contribution in [0, 0.1) is 13.8 Å². The molecule has 5 nitrogen and oxygen atoms in total. The molecule has 2 aromatic rings. The van der Waals surface area contributed by atoms with Crippen molar-refractivity contribution in [2.45, 2.75) is 38.0 Å². The summed E-state index contributed by atoms with van der Waals surface area (Å²) in [5, 5.41) is 2.85. The molecule has 0 aliphatic carbocycles. The third-order valence-corrected chi connectivity index (χ3v) is 6.63. The largest absolute Gasteiger partial charge is 0.354 e. The quantitative estimate of drug-likeness (QED) is 0.793. The second kappa shape index (κ2) is 8.23. The molecule has 146 valence electrons. The number of aryl methyl sites for hydroxylation is 2. The number of hydrogen-bond acceptors (Lipinski definition) is 3. The number of hydrogen-bond donors (Lipinski definition) is 1. The van der Waals surface area contributed by atoms with Crippen LogP contribution in [0.3, 0.4) is 0 Å². The fourth-order valence-electron chi connectivity index (χ4n) is 2.71. The third kappa shape index (κ3) is 5.17. The summed E-state index contributed by atoms with van der Waals surface area (Å²) in [4.78, 5) is 12.5. The summed E-state index contributed by atoms with van der Waals surface area (Å²) in [5.74, 6) is -0.325. The molecule has 0 aromatic heterocycles. The number of nitrogens with zero attached hydrogens (tertiary/aromatic N) is 1. The predicted molar refractivity (Wildman–Crippen MR) is 108 cm³/mol. The van der Waals surface area contributed by atoms with Crippen LogP contribution in [0.25, 0.3) is 0 Å². The molecule has 0 heterocycles. The second-order valence-corrected chi connectivity index (χ2v) is 9.58. The summed E-state index contributed by atoms with van der Waals surface area (Å²) >= 11 is 0. The number of amides is 1. The first-order valence-electron chi connectivity index (χ1n) is 8.90. The number of benzene rings is 2. The van der Waals surface area contributed by atoms with E-state index in [1.807, 2.05) is 58.0 Å². The molecule has 0 bridgehead atoms. The Morgan fingerprint density at radius 1 is 1.04 bits per heavy atom. The maximum atomic E-state index is 12.7. The van der Waals surface area contributed by atoms with E-state index in [2.05, 4.69) is 5.32 Å². The van der Waals surface area contributed by atoms with Crippen LogP contribution in [0.2, 0.25) is 0 Å². The highest BCUT2D eigenvalue weighted by Crippen LogP contribution is 2.22. The fraction of sp³-hybridized carbons (Fsp3) is 0.381. The molecule has 0 atom stereocenters. The van der Waals surface area contributed by atoms with Crippen LogP contribution in [0.5, 0.6) is 0 Å². The lowest BCUT2D eigenvalue weighted by molar-refractivity contribution is -0.121. The molecule has 0 aliphatic heterocycles. The van der Waals surface area contributed by atoms with Gasteiger partial charge in [-0.15, -0.1) is 0 Å². The summed E-state index contributed by atoms with van der Waals surface area (Å²) in [7, 11) is -2.28. The van der Waals surface area contributed by atoms with Gasteiger partial charge in [0.2, 0.25) is 15.9 Å². The van der Waals surface area contributed by atoms with Crippen LogP contribution >= 0.6 is 0 Å². The summed E-state index contributed by atoms with van der Waals surface area (Å²) in [6.07, 6.45) is 0. The minimum absolute atomic E-state index is 0.200. The van der Waals surface area contributed by atoms with Crippen LogP contribution in [-0.2, 0) is 20.2 Å². The molecule has 0 spiro atoms.